The van der Waals surface area contributed by atoms with Crippen molar-refractivity contribution in [1.29, 1.82) is 0 Å². The summed E-state index contributed by atoms with van der Waals surface area (Å²) in [4.78, 5) is 39.2. The van der Waals surface area contributed by atoms with Crippen LogP contribution < -0.4 is 16.0 Å². The zero-order chi connectivity index (χ0) is 22.5. The maximum Gasteiger partial charge on any atom is 0.338 e. The monoisotopic (exact) mass is 416 g/mol. The first-order chi connectivity index (χ1) is 14.1. The SMILES string of the molecule is CCCN1C(=O)NC(c2cccc(NC(=O)NC(C)(C)C)c2)C(C(=O)OCC)=C1C. The molecule has 0 aliphatic carbocycles. The summed E-state index contributed by atoms with van der Waals surface area (Å²) in [5, 5.41) is 8.53. The first kappa shape index (κ1) is 23.3. The summed E-state index contributed by atoms with van der Waals surface area (Å²) >= 11 is 0. The fraction of sp³-hybridized carbons (Fsp3) is 0.500. The Morgan fingerprint density at radius 2 is 1.93 bits per heavy atom. The minimum Gasteiger partial charge on any atom is -0.463 e. The van der Waals surface area contributed by atoms with E-state index < -0.39 is 12.0 Å². The van der Waals surface area contributed by atoms with Crippen LogP contribution in [0.25, 0.3) is 0 Å². The molecule has 0 aromatic heterocycles. The van der Waals surface area contributed by atoms with Gasteiger partial charge in [0.2, 0.25) is 0 Å². The predicted octanol–water partition coefficient (Wildman–Crippen LogP) is 3.92. The molecular weight excluding hydrogens is 384 g/mol. The molecule has 0 spiro atoms. The molecule has 8 heteroatoms. The zero-order valence-electron chi connectivity index (χ0n) is 18.6. The standard InChI is InChI=1S/C22H32N4O4/c1-7-12-26-14(3)17(19(27)30-8-2)18(24-21(26)29)15-10-9-11-16(13-15)23-20(28)25-22(4,5)6/h9-11,13,18H,7-8,12H2,1-6H3,(H,24,29)(H2,23,25,28). The molecule has 1 aliphatic rings. The molecule has 1 aromatic carbocycles. The summed E-state index contributed by atoms with van der Waals surface area (Å²) < 4.78 is 5.26. The van der Waals surface area contributed by atoms with E-state index in [4.69, 9.17) is 4.74 Å². The van der Waals surface area contributed by atoms with Crippen LogP contribution in [0.2, 0.25) is 0 Å². The summed E-state index contributed by atoms with van der Waals surface area (Å²) in [6.45, 7) is 11.9. The largest absolute Gasteiger partial charge is 0.463 e. The topological polar surface area (TPSA) is 99.8 Å². The molecule has 0 saturated heterocycles. The Bertz CT molecular complexity index is 842. The molecule has 1 heterocycles. The summed E-state index contributed by atoms with van der Waals surface area (Å²) in [5.41, 5.74) is 1.82. The Labute approximate surface area is 178 Å². The van der Waals surface area contributed by atoms with Crippen LogP contribution in [-0.4, -0.2) is 41.6 Å². The second kappa shape index (κ2) is 9.65. The fourth-order valence-electron chi connectivity index (χ4n) is 3.30. The number of rotatable bonds is 6. The van der Waals surface area contributed by atoms with Crippen LogP contribution in [0, 0.1) is 0 Å². The number of nitrogens with one attached hydrogen (secondary N) is 3. The summed E-state index contributed by atoms with van der Waals surface area (Å²) in [6, 6.07) is 5.80. The van der Waals surface area contributed by atoms with E-state index in [1.165, 1.54) is 0 Å². The van der Waals surface area contributed by atoms with Gasteiger partial charge in [0.15, 0.2) is 0 Å². The molecule has 1 unspecified atom stereocenters. The van der Waals surface area contributed by atoms with Crippen LogP contribution in [0.5, 0.6) is 0 Å². The van der Waals surface area contributed by atoms with E-state index in [9.17, 15) is 14.4 Å². The third-order valence-corrected chi connectivity index (χ3v) is 4.51. The number of ether oxygens (including phenoxy) is 1. The molecule has 3 N–H and O–H groups in total. The van der Waals surface area contributed by atoms with E-state index in [2.05, 4.69) is 16.0 Å². The highest BCUT2D eigenvalue weighted by Crippen LogP contribution is 2.32. The van der Waals surface area contributed by atoms with Crippen molar-refractivity contribution in [2.75, 3.05) is 18.5 Å². The molecule has 0 radical (unpaired) electrons. The number of urea groups is 2. The third-order valence-electron chi connectivity index (χ3n) is 4.51. The lowest BCUT2D eigenvalue weighted by Gasteiger charge is -2.35. The third kappa shape index (κ3) is 5.75. The Morgan fingerprint density at radius 1 is 1.23 bits per heavy atom. The Balaban J connectivity index is 2.39. The van der Waals surface area contributed by atoms with Gasteiger partial charge in [0, 0.05) is 23.5 Å². The van der Waals surface area contributed by atoms with E-state index in [1.807, 2.05) is 27.7 Å². The van der Waals surface area contributed by atoms with Gasteiger partial charge in [-0.3, -0.25) is 4.90 Å². The fourth-order valence-corrected chi connectivity index (χ4v) is 3.30. The minimum absolute atomic E-state index is 0.235. The lowest BCUT2D eigenvalue weighted by molar-refractivity contribution is -0.139. The highest BCUT2D eigenvalue weighted by atomic mass is 16.5. The number of carbonyl (C=O) groups is 3. The number of nitrogens with zero attached hydrogens (tertiary/aromatic N) is 1. The molecule has 4 amide bonds. The average Bonchev–Trinajstić information content (AvgIpc) is 2.63. The lowest BCUT2D eigenvalue weighted by Crippen LogP contribution is -2.48. The number of carbonyl (C=O) groups excluding carboxylic acids is 3. The molecule has 30 heavy (non-hydrogen) atoms. The second-order valence-corrected chi connectivity index (χ2v) is 8.21. The highest BCUT2D eigenvalue weighted by molar-refractivity contribution is 5.95. The van der Waals surface area contributed by atoms with Gasteiger partial charge >= 0.3 is 18.0 Å². The maximum atomic E-state index is 12.7. The second-order valence-electron chi connectivity index (χ2n) is 8.21. The Hall–Kier alpha value is -3.03. The molecule has 1 atom stereocenters. The number of hydrogen-bond acceptors (Lipinski definition) is 4. The van der Waals surface area contributed by atoms with Gasteiger partial charge in [-0.2, -0.15) is 0 Å². The molecule has 8 nitrogen and oxygen atoms in total. The molecule has 1 aromatic rings. The molecule has 2 rings (SSSR count). The van der Waals surface area contributed by atoms with Crippen molar-refractivity contribution in [3.8, 4) is 0 Å². The van der Waals surface area contributed by atoms with Gasteiger partial charge < -0.3 is 20.7 Å². The zero-order valence-corrected chi connectivity index (χ0v) is 18.6. The van der Waals surface area contributed by atoms with E-state index in [1.54, 1.807) is 43.0 Å². The van der Waals surface area contributed by atoms with E-state index in [-0.39, 0.29) is 24.2 Å². The van der Waals surface area contributed by atoms with Crippen molar-refractivity contribution >= 4 is 23.7 Å². The molecule has 1 aliphatic heterocycles. The van der Waals surface area contributed by atoms with E-state index in [0.717, 1.165) is 6.42 Å². The number of esters is 1. The summed E-state index contributed by atoms with van der Waals surface area (Å²) in [5.74, 6) is -0.468. The summed E-state index contributed by atoms with van der Waals surface area (Å²) in [6.07, 6.45) is 0.758. The van der Waals surface area contributed by atoms with Crippen LogP contribution >= 0.6 is 0 Å². The smallest absolute Gasteiger partial charge is 0.338 e. The van der Waals surface area contributed by atoms with Gasteiger partial charge in [-0.25, -0.2) is 14.4 Å². The normalized spacial score (nSPS) is 16.8. The van der Waals surface area contributed by atoms with Gasteiger partial charge in [0.1, 0.15) is 0 Å². The van der Waals surface area contributed by atoms with Crippen LogP contribution in [0.4, 0.5) is 15.3 Å². The molecule has 0 bridgehead atoms. The van der Waals surface area contributed by atoms with Crippen LogP contribution in [0.3, 0.4) is 0 Å². The first-order valence-electron chi connectivity index (χ1n) is 10.2. The number of anilines is 1. The number of amides is 4. The quantitative estimate of drug-likeness (QED) is 0.612. The van der Waals surface area contributed by atoms with Gasteiger partial charge in [-0.05, 0) is 58.7 Å². The van der Waals surface area contributed by atoms with Crippen molar-refractivity contribution in [3.63, 3.8) is 0 Å². The first-order valence-corrected chi connectivity index (χ1v) is 10.2. The average molecular weight is 417 g/mol. The van der Waals surface area contributed by atoms with E-state index >= 15 is 0 Å². The van der Waals surface area contributed by atoms with Gasteiger partial charge in [0.05, 0.1) is 18.2 Å². The minimum atomic E-state index is -0.669. The van der Waals surface area contributed by atoms with Crippen molar-refractivity contribution < 1.29 is 19.1 Å². The lowest BCUT2D eigenvalue weighted by atomic mass is 9.94. The number of hydrogen-bond donors (Lipinski definition) is 3. The van der Waals surface area contributed by atoms with Crippen LogP contribution in [-0.2, 0) is 9.53 Å². The molecular formula is C22H32N4O4. The molecule has 164 valence electrons. The van der Waals surface area contributed by atoms with Crippen molar-refractivity contribution in [2.45, 2.75) is 59.5 Å². The van der Waals surface area contributed by atoms with Crippen molar-refractivity contribution in [1.82, 2.24) is 15.5 Å². The maximum absolute atomic E-state index is 12.7. The predicted molar refractivity (Wildman–Crippen MR) is 116 cm³/mol. The van der Waals surface area contributed by atoms with Crippen molar-refractivity contribution in [2.24, 2.45) is 0 Å². The highest BCUT2D eigenvalue weighted by Gasteiger charge is 2.36. The Morgan fingerprint density at radius 3 is 2.53 bits per heavy atom. The van der Waals surface area contributed by atoms with Crippen LogP contribution in [0.1, 0.15) is 59.6 Å². The van der Waals surface area contributed by atoms with Gasteiger partial charge in [-0.1, -0.05) is 19.1 Å². The number of allylic oxidation sites excluding steroid dienone is 1. The molecule has 0 saturated carbocycles. The van der Waals surface area contributed by atoms with Gasteiger partial charge in [0.25, 0.3) is 0 Å². The number of benzene rings is 1. The van der Waals surface area contributed by atoms with Crippen molar-refractivity contribution in [3.05, 3.63) is 41.1 Å². The molecule has 0 fully saturated rings. The van der Waals surface area contributed by atoms with Crippen LogP contribution in [0.15, 0.2) is 35.5 Å². The van der Waals surface area contributed by atoms with Gasteiger partial charge in [-0.15, -0.1) is 0 Å². The summed E-state index contributed by atoms with van der Waals surface area (Å²) in [7, 11) is 0. The van der Waals surface area contributed by atoms with E-state index in [0.29, 0.717) is 29.1 Å². The Kier molecular flexibility index (Phi) is 7.48.